The first-order chi connectivity index (χ1) is 7.74. The lowest BCUT2D eigenvalue weighted by Gasteiger charge is -2.22. The lowest BCUT2D eigenvalue weighted by atomic mass is 9.87. The predicted molar refractivity (Wildman–Crippen MR) is 65.3 cm³/mol. The summed E-state index contributed by atoms with van der Waals surface area (Å²) in [4.78, 5) is 11.3. The van der Waals surface area contributed by atoms with E-state index in [0.717, 1.165) is 12.5 Å². The average molecular weight is 227 g/mol. The molecule has 0 spiro atoms. The molecule has 0 aliphatic heterocycles. The first kappa shape index (κ1) is 13.5. The van der Waals surface area contributed by atoms with Crippen molar-refractivity contribution >= 4 is 5.97 Å². The van der Waals surface area contributed by atoms with Gasteiger partial charge in [-0.05, 0) is 32.7 Å². The summed E-state index contributed by atoms with van der Waals surface area (Å²) < 4.78 is 4.94. The van der Waals surface area contributed by atoms with Crippen molar-refractivity contribution in [3.05, 3.63) is 0 Å². The minimum atomic E-state index is -0.163. The van der Waals surface area contributed by atoms with Crippen LogP contribution in [0.5, 0.6) is 0 Å². The lowest BCUT2D eigenvalue weighted by molar-refractivity contribution is -0.145. The van der Waals surface area contributed by atoms with Crippen LogP contribution in [0.4, 0.5) is 0 Å². The first-order valence-electron chi connectivity index (χ1n) is 6.64. The van der Waals surface area contributed by atoms with Gasteiger partial charge in [-0.15, -0.1) is 0 Å². The van der Waals surface area contributed by atoms with Crippen molar-refractivity contribution in [2.45, 2.75) is 58.4 Å². The van der Waals surface area contributed by atoms with Crippen LogP contribution >= 0.6 is 0 Å². The van der Waals surface area contributed by atoms with Gasteiger partial charge in [0.15, 0.2) is 0 Å². The minimum Gasteiger partial charge on any atom is -0.465 e. The lowest BCUT2D eigenvalue weighted by Crippen LogP contribution is -2.36. The van der Waals surface area contributed by atoms with E-state index < -0.39 is 0 Å². The molecular weight excluding hydrogens is 202 g/mol. The fourth-order valence-corrected chi connectivity index (χ4v) is 2.33. The van der Waals surface area contributed by atoms with Gasteiger partial charge in [-0.2, -0.15) is 0 Å². The maximum absolute atomic E-state index is 11.3. The van der Waals surface area contributed by atoms with E-state index in [4.69, 9.17) is 4.74 Å². The summed E-state index contributed by atoms with van der Waals surface area (Å²) in [6.45, 7) is 5.11. The second-order valence-electron chi connectivity index (χ2n) is 4.72. The Morgan fingerprint density at radius 1 is 1.38 bits per heavy atom. The quantitative estimate of drug-likeness (QED) is 0.709. The summed E-state index contributed by atoms with van der Waals surface area (Å²) in [6, 6.07) is -0.163. The number of nitrogens with one attached hydrogen (secondary N) is 1. The van der Waals surface area contributed by atoms with Crippen LogP contribution in [0.15, 0.2) is 0 Å². The third-order valence-corrected chi connectivity index (χ3v) is 3.37. The molecule has 16 heavy (non-hydrogen) atoms. The molecule has 0 bridgehead atoms. The van der Waals surface area contributed by atoms with Crippen LogP contribution in [0, 0.1) is 5.92 Å². The van der Waals surface area contributed by atoms with Crippen LogP contribution in [0.1, 0.15) is 52.4 Å². The number of carbonyl (C=O) groups is 1. The summed E-state index contributed by atoms with van der Waals surface area (Å²) in [5, 5.41) is 3.24. The van der Waals surface area contributed by atoms with Crippen molar-refractivity contribution < 1.29 is 9.53 Å². The van der Waals surface area contributed by atoms with Gasteiger partial charge in [0.05, 0.1) is 6.61 Å². The van der Waals surface area contributed by atoms with Crippen molar-refractivity contribution in [1.82, 2.24) is 5.32 Å². The van der Waals surface area contributed by atoms with E-state index in [1.165, 1.54) is 38.5 Å². The molecule has 3 nitrogen and oxygen atoms in total. The van der Waals surface area contributed by atoms with Gasteiger partial charge >= 0.3 is 5.97 Å². The van der Waals surface area contributed by atoms with Crippen LogP contribution in [-0.2, 0) is 9.53 Å². The highest BCUT2D eigenvalue weighted by Gasteiger charge is 2.15. The predicted octanol–water partition coefficient (Wildman–Crippen LogP) is 2.50. The maximum Gasteiger partial charge on any atom is 0.322 e. The standard InChI is InChI=1S/C13H25NO2/c1-3-16-13(15)11(2)14-10-9-12-7-5-4-6-8-12/h11-12,14H,3-10H2,1-2H3. The van der Waals surface area contributed by atoms with E-state index in [9.17, 15) is 4.79 Å². The topological polar surface area (TPSA) is 38.3 Å². The zero-order valence-electron chi connectivity index (χ0n) is 10.6. The Morgan fingerprint density at radius 3 is 2.69 bits per heavy atom. The SMILES string of the molecule is CCOC(=O)C(C)NCCC1CCCCC1. The molecule has 1 rings (SSSR count). The third kappa shape index (κ3) is 4.97. The van der Waals surface area contributed by atoms with Crippen molar-refractivity contribution in [2.75, 3.05) is 13.2 Å². The van der Waals surface area contributed by atoms with Gasteiger partial charge in [-0.25, -0.2) is 0 Å². The fraction of sp³-hybridized carbons (Fsp3) is 0.923. The molecule has 1 aliphatic carbocycles. The molecule has 1 atom stereocenters. The summed E-state index contributed by atoms with van der Waals surface area (Å²) >= 11 is 0. The highest BCUT2D eigenvalue weighted by Crippen LogP contribution is 2.25. The Morgan fingerprint density at radius 2 is 2.06 bits per heavy atom. The molecule has 0 radical (unpaired) electrons. The molecule has 1 fully saturated rings. The second-order valence-corrected chi connectivity index (χ2v) is 4.72. The highest BCUT2D eigenvalue weighted by atomic mass is 16.5. The number of ether oxygens (including phenoxy) is 1. The zero-order chi connectivity index (χ0) is 11.8. The molecule has 0 heterocycles. The van der Waals surface area contributed by atoms with Gasteiger partial charge in [0.25, 0.3) is 0 Å². The first-order valence-corrected chi connectivity index (χ1v) is 6.64. The number of hydrogen-bond donors (Lipinski definition) is 1. The molecule has 1 saturated carbocycles. The van der Waals surface area contributed by atoms with Crippen LogP contribution in [0.2, 0.25) is 0 Å². The summed E-state index contributed by atoms with van der Waals surface area (Å²) in [5.74, 6) is 0.738. The number of hydrogen-bond acceptors (Lipinski definition) is 3. The van der Waals surface area contributed by atoms with Crippen molar-refractivity contribution in [3.8, 4) is 0 Å². The summed E-state index contributed by atoms with van der Waals surface area (Å²) in [5.41, 5.74) is 0. The summed E-state index contributed by atoms with van der Waals surface area (Å²) in [6.07, 6.45) is 8.12. The molecule has 1 N–H and O–H groups in total. The molecule has 1 unspecified atom stereocenters. The van der Waals surface area contributed by atoms with Gasteiger partial charge in [0.1, 0.15) is 6.04 Å². The Bertz CT molecular complexity index is 200. The number of carbonyl (C=O) groups excluding carboxylic acids is 1. The Kier molecular flexibility index (Phi) is 6.46. The second kappa shape index (κ2) is 7.66. The molecule has 0 aromatic carbocycles. The monoisotopic (exact) mass is 227 g/mol. The number of esters is 1. The van der Waals surface area contributed by atoms with Crippen LogP contribution in [0.25, 0.3) is 0 Å². The van der Waals surface area contributed by atoms with E-state index in [1.54, 1.807) is 0 Å². The van der Waals surface area contributed by atoms with Crippen LogP contribution in [-0.4, -0.2) is 25.2 Å². The van der Waals surface area contributed by atoms with Gasteiger partial charge in [-0.3, -0.25) is 4.79 Å². The van der Waals surface area contributed by atoms with Crippen LogP contribution in [0.3, 0.4) is 0 Å². The molecule has 94 valence electrons. The smallest absolute Gasteiger partial charge is 0.322 e. The van der Waals surface area contributed by atoms with E-state index >= 15 is 0 Å². The summed E-state index contributed by atoms with van der Waals surface area (Å²) in [7, 11) is 0. The van der Waals surface area contributed by atoms with Crippen LogP contribution < -0.4 is 5.32 Å². The zero-order valence-corrected chi connectivity index (χ0v) is 10.6. The molecule has 1 aliphatic rings. The van der Waals surface area contributed by atoms with E-state index in [0.29, 0.717) is 6.61 Å². The molecule has 0 amide bonds. The molecule has 0 aromatic rings. The van der Waals surface area contributed by atoms with E-state index in [-0.39, 0.29) is 12.0 Å². The minimum absolute atomic E-state index is 0.133. The van der Waals surface area contributed by atoms with E-state index in [2.05, 4.69) is 5.32 Å². The van der Waals surface area contributed by atoms with Gasteiger partial charge in [0, 0.05) is 0 Å². The van der Waals surface area contributed by atoms with Crippen molar-refractivity contribution in [1.29, 1.82) is 0 Å². The normalized spacial score (nSPS) is 19.4. The van der Waals surface area contributed by atoms with Crippen molar-refractivity contribution in [3.63, 3.8) is 0 Å². The highest BCUT2D eigenvalue weighted by molar-refractivity contribution is 5.75. The Hall–Kier alpha value is -0.570. The molecular formula is C13H25NO2. The van der Waals surface area contributed by atoms with E-state index in [1.807, 2.05) is 13.8 Å². The molecule has 3 heteroatoms. The number of rotatable bonds is 6. The van der Waals surface area contributed by atoms with Gasteiger partial charge in [0.2, 0.25) is 0 Å². The Labute approximate surface area is 98.9 Å². The Balaban J connectivity index is 2.07. The average Bonchev–Trinajstić information content (AvgIpc) is 2.30. The van der Waals surface area contributed by atoms with Crippen molar-refractivity contribution in [2.24, 2.45) is 5.92 Å². The molecule has 0 saturated heterocycles. The maximum atomic E-state index is 11.3. The van der Waals surface area contributed by atoms with Gasteiger partial charge < -0.3 is 10.1 Å². The third-order valence-electron chi connectivity index (χ3n) is 3.37. The fourth-order valence-electron chi connectivity index (χ4n) is 2.33. The largest absolute Gasteiger partial charge is 0.465 e. The van der Waals surface area contributed by atoms with Gasteiger partial charge in [-0.1, -0.05) is 32.1 Å². The molecule has 0 aromatic heterocycles.